The van der Waals surface area contributed by atoms with Crippen molar-refractivity contribution in [2.45, 2.75) is 13.8 Å². The van der Waals surface area contributed by atoms with Crippen LogP contribution < -0.4 is 5.73 Å². The lowest BCUT2D eigenvalue weighted by Gasteiger charge is -2.11. The molecule has 1 aromatic heterocycles. The highest BCUT2D eigenvalue weighted by Gasteiger charge is 2.14. The van der Waals surface area contributed by atoms with Crippen molar-refractivity contribution in [3.8, 4) is 17.1 Å². The second-order valence-corrected chi connectivity index (χ2v) is 5.48. The van der Waals surface area contributed by atoms with Gasteiger partial charge < -0.3 is 5.73 Å². The Kier molecular flexibility index (Phi) is 3.43. The first-order chi connectivity index (χ1) is 10.1. The molecule has 0 aliphatic heterocycles. The van der Waals surface area contributed by atoms with Gasteiger partial charge in [-0.1, -0.05) is 11.6 Å². The molecule has 106 valence electrons. The Balaban J connectivity index is 2.20. The first kappa shape index (κ1) is 13.7. The summed E-state index contributed by atoms with van der Waals surface area (Å²) in [6, 6.07) is 15.5. The van der Waals surface area contributed by atoms with E-state index in [9.17, 15) is 0 Å². The normalized spacial score (nSPS) is 10.8. The van der Waals surface area contributed by atoms with Gasteiger partial charge >= 0.3 is 0 Å². The Labute approximate surface area is 129 Å². The van der Waals surface area contributed by atoms with Crippen molar-refractivity contribution in [1.29, 1.82) is 0 Å². The molecule has 0 saturated carbocycles. The minimum Gasteiger partial charge on any atom is -0.399 e. The standard InChI is InChI=1S/C17H16ClN3/c1-11-12(2)21(16-9-7-15(19)8-10-16)17(20-11)13-3-5-14(18)6-4-13/h3-10H,19H2,1-2H3. The summed E-state index contributed by atoms with van der Waals surface area (Å²) < 4.78 is 2.14. The predicted octanol–water partition coefficient (Wildman–Crippen LogP) is 4.39. The topological polar surface area (TPSA) is 43.8 Å². The van der Waals surface area contributed by atoms with Crippen molar-refractivity contribution >= 4 is 17.3 Å². The number of nitrogens with two attached hydrogens (primary N) is 1. The van der Waals surface area contributed by atoms with Gasteiger partial charge in [0.25, 0.3) is 0 Å². The van der Waals surface area contributed by atoms with E-state index in [2.05, 4.69) is 11.5 Å². The van der Waals surface area contributed by atoms with Crippen LogP contribution in [-0.2, 0) is 0 Å². The summed E-state index contributed by atoms with van der Waals surface area (Å²) in [4.78, 5) is 4.70. The van der Waals surface area contributed by atoms with E-state index in [4.69, 9.17) is 22.3 Å². The maximum atomic E-state index is 5.97. The van der Waals surface area contributed by atoms with E-state index >= 15 is 0 Å². The Morgan fingerprint density at radius 1 is 0.952 bits per heavy atom. The van der Waals surface area contributed by atoms with Gasteiger partial charge in [-0.2, -0.15) is 0 Å². The molecule has 2 N–H and O–H groups in total. The van der Waals surface area contributed by atoms with Gasteiger partial charge in [0.15, 0.2) is 0 Å². The molecule has 0 radical (unpaired) electrons. The fourth-order valence-corrected chi connectivity index (χ4v) is 2.47. The van der Waals surface area contributed by atoms with Gasteiger partial charge in [0.1, 0.15) is 5.82 Å². The van der Waals surface area contributed by atoms with E-state index in [-0.39, 0.29) is 0 Å². The predicted molar refractivity (Wildman–Crippen MR) is 87.9 cm³/mol. The molecule has 0 atom stereocenters. The van der Waals surface area contributed by atoms with Crippen LogP contribution in [0.15, 0.2) is 48.5 Å². The van der Waals surface area contributed by atoms with E-state index in [0.29, 0.717) is 0 Å². The smallest absolute Gasteiger partial charge is 0.145 e. The molecular weight excluding hydrogens is 282 g/mol. The second kappa shape index (κ2) is 5.26. The zero-order chi connectivity index (χ0) is 15.0. The molecule has 0 amide bonds. The van der Waals surface area contributed by atoms with Crippen LogP contribution in [0.5, 0.6) is 0 Å². The third-order valence-corrected chi connectivity index (χ3v) is 3.85. The molecule has 1 heterocycles. The fraction of sp³-hybridized carbons (Fsp3) is 0.118. The Morgan fingerprint density at radius 2 is 1.57 bits per heavy atom. The first-order valence-electron chi connectivity index (χ1n) is 6.74. The molecule has 0 aliphatic rings. The third-order valence-electron chi connectivity index (χ3n) is 3.60. The second-order valence-electron chi connectivity index (χ2n) is 5.04. The van der Waals surface area contributed by atoms with Gasteiger partial charge in [-0.15, -0.1) is 0 Å². The number of nitrogen functional groups attached to an aromatic ring is 1. The van der Waals surface area contributed by atoms with Crippen LogP contribution in [0.4, 0.5) is 5.69 Å². The quantitative estimate of drug-likeness (QED) is 0.713. The van der Waals surface area contributed by atoms with Crippen LogP contribution in [-0.4, -0.2) is 9.55 Å². The van der Waals surface area contributed by atoms with Crippen molar-refractivity contribution in [3.05, 3.63) is 64.9 Å². The maximum Gasteiger partial charge on any atom is 0.145 e. The van der Waals surface area contributed by atoms with Crippen molar-refractivity contribution in [2.75, 3.05) is 5.73 Å². The minimum absolute atomic E-state index is 0.720. The minimum atomic E-state index is 0.720. The zero-order valence-electron chi connectivity index (χ0n) is 12.0. The number of aromatic nitrogens is 2. The summed E-state index contributed by atoms with van der Waals surface area (Å²) in [6.45, 7) is 4.08. The molecule has 3 nitrogen and oxygen atoms in total. The number of halogens is 1. The lowest BCUT2D eigenvalue weighted by molar-refractivity contribution is 1.01. The Morgan fingerprint density at radius 3 is 2.19 bits per heavy atom. The van der Waals surface area contributed by atoms with Crippen molar-refractivity contribution in [3.63, 3.8) is 0 Å². The molecule has 2 aromatic carbocycles. The fourth-order valence-electron chi connectivity index (χ4n) is 2.34. The number of benzene rings is 2. The number of hydrogen-bond donors (Lipinski definition) is 1. The summed E-state index contributed by atoms with van der Waals surface area (Å²) in [6.07, 6.45) is 0. The van der Waals surface area contributed by atoms with Gasteiger partial charge in [0.2, 0.25) is 0 Å². The molecule has 3 rings (SSSR count). The highest BCUT2D eigenvalue weighted by atomic mass is 35.5. The molecule has 0 bridgehead atoms. The largest absolute Gasteiger partial charge is 0.399 e. The number of hydrogen-bond acceptors (Lipinski definition) is 2. The van der Waals surface area contributed by atoms with E-state index < -0.39 is 0 Å². The highest BCUT2D eigenvalue weighted by Crippen LogP contribution is 2.27. The highest BCUT2D eigenvalue weighted by molar-refractivity contribution is 6.30. The van der Waals surface area contributed by atoms with Gasteiger partial charge in [-0.05, 0) is 62.4 Å². The summed E-state index contributed by atoms with van der Waals surface area (Å²) in [7, 11) is 0. The van der Waals surface area contributed by atoms with Crippen molar-refractivity contribution in [1.82, 2.24) is 9.55 Å². The van der Waals surface area contributed by atoms with Crippen molar-refractivity contribution in [2.24, 2.45) is 0 Å². The van der Waals surface area contributed by atoms with Gasteiger partial charge in [0, 0.05) is 27.7 Å². The lowest BCUT2D eigenvalue weighted by atomic mass is 10.2. The third kappa shape index (κ3) is 2.52. The van der Waals surface area contributed by atoms with E-state index in [1.54, 1.807) is 0 Å². The molecule has 0 fully saturated rings. The molecular formula is C17H16ClN3. The molecule has 3 aromatic rings. The lowest BCUT2D eigenvalue weighted by Crippen LogP contribution is -2.00. The zero-order valence-corrected chi connectivity index (χ0v) is 12.7. The number of rotatable bonds is 2. The van der Waals surface area contributed by atoms with E-state index in [1.165, 1.54) is 0 Å². The molecule has 21 heavy (non-hydrogen) atoms. The molecule has 0 saturated heterocycles. The van der Waals surface area contributed by atoms with Crippen LogP contribution in [0.25, 0.3) is 17.1 Å². The Bertz CT molecular complexity index is 771. The average molecular weight is 298 g/mol. The number of nitrogens with zero attached hydrogens (tertiary/aromatic N) is 2. The van der Waals surface area contributed by atoms with Crippen LogP contribution in [0, 0.1) is 13.8 Å². The molecule has 0 unspecified atom stereocenters. The summed E-state index contributed by atoms with van der Waals surface area (Å²) in [5, 5.41) is 0.720. The van der Waals surface area contributed by atoms with Crippen molar-refractivity contribution < 1.29 is 0 Å². The number of imidazole rings is 1. The van der Waals surface area contributed by atoms with Crippen LogP contribution in [0.1, 0.15) is 11.4 Å². The van der Waals surface area contributed by atoms with Gasteiger partial charge in [-0.3, -0.25) is 4.57 Å². The average Bonchev–Trinajstić information content (AvgIpc) is 2.77. The number of anilines is 1. The summed E-state index contributed by atoms with van der Waals surface area (Å²) in [5.41, 5.74) is 10.7. The summed E-state index contributed by atoms with van der Waals surface area (Å²) in [5.74, 6) is 0.909. The monoisotopic (exact) mass is 297 g/mol. The van der Waals surface area contributed by atoms with Crippen LogP contribution >= 0.6 is 11.6 Å². The number of aryl methyl sites for hydroxylation is 1. The maximum absolute atomic E-state index is 5.97. The SMILES string of the molecule is Cc1nc(-c2ccc(Cl)cc2)n(-c2ccc(N)cc2)c1C. The van der Waals surface area contributed by atoms with Gasteiger partial charge in [0.05, 0.1) is 5.69 Å². The van der Waals surface area contributed by atoms with Crippen LogP contribution in [0.2, 0.25) is 5.02 Å². The molecule has 0 spiro atoms. The van der Waals surface area contributed by atoms with Gasteiger partial charge in [-0.25, -0.2) is 4.98 Å². The molecule has 0 aliphatic carbocycles. The van der Waals surface area contributed by atoms with Crippen LogP contribution in [0.3, 0.4) is 0 Å². The Hall–Kier alpha value is -2.26. The summed E-state index contributed by atoms with van der Waals surface area (Å²) >= 11 is 5.97. The molecule has 4 heteroatoms. The first-order valence-corrected chi connectivity index (χ1v) is 7.12. The van der Waals surface area contributed by atoms with E-state index in [0.717, 1.165) is 39.2 Å². The van der Waals surface area contributed by atoms with E-state index in [1.807, 2.05) is 55.5 Å².